The summed E-state index contributed by atoms with van der Waals surface area (Å²) in [5, 5.41) is 3.45. The molecule has 3 heteroatoms. The van der Waals surface area contributed by atoms with Gasteiger partial charge in [-0.05, 0) is 36.6 Å². The first-order chi connectivity index (χ1) is 8.92. The van der Waals surface area contributed by atoms with Crippen LogP contribution in [0.3, 0.4) is 0 Å². The average molecular weight is 240 g/mol. The Labute approximate surface area is 107 Å². The summed E-state index contributed by atoms with van der Waals surface area (Å²) in [5.74, 6) is 0.843. The molecule has 1 aliphatic heterocycles. The highest BCUT2D eigenvalue weighted by atomic mass is 16.5. The Bertz CT molecular complexity index is 486. The highest BCUT2D eigenvalue weighted by molar-refractivity contribution is 5.52. The lowest BCUT2D eigenvalue weighted by atomic mass is 10.1. The van der Waals surface area contributed by atoms with Crippen LogP contribution in [0.1, 0.15) is 12.0 Å². The second kappa shape index (κ2) is 5.08. The van der Waals surface area contributed by atoms with Crippen molar-refractivity contribution in [2.45, 2.75) is 18.9 Å². The molecular weight excluding hydrogens is 224 g/mol. The number of benzene rings is 1. The van der Waals surface area contributed by atoms with E-state index in [1.54, 1.807) is 12.4 Å². The normalized spacial score (nSPS) is 18.3. The van der Waals surface area contributed by atoms with Gasteiger partial charge in [-0.2, -0.15) is 0 Å². The molecule has 2 aromatic rings. The van der Waals surface area contributed by atoms with E-state index in [2.05, 4.69) is 34.6 Å². The van der Waals surface area contributed by atoms with Gasteiger partial charge in [0.25, 0.3) is 0 Å². The third-order valence-electron chi connectivity index (χ3n) is 3.21. The van der Waals surface area contributed by atoms with Crippen molar-refractivity contribution in [3.8, 4) is 5.75 Å². The molecule has 1 aromatic carbocycles. The first-order valence-corrected chi connectivity index (χ1v) is 6.30. The van der Waals surface area contributed by atoms with Gasteiger partial charge in [-0.1, -0.05) is 18.2 Å². The average Bonchev–Trinajstić information content (AvgIpc) is 2.63. The van der Waals surface area contributed by atoms with Crippen LogP contribution in [-0.4, -0.2) is 17.6 Å². The van der Waals surface area contributed by atoms with Crippen molar-refractivity contribution in [2.75, 3.05) is 11.9 Å². The Morgan fingerprint density at radius 2 is 2.11 bits per heavy atom. The Kier molecular flexibility index (Phi) is 3.13. The predicted octanol–water partition coefficient (Wildman–Crippen LogP) is 2.89. The number of hydrogen-bond acceptors (Lipinski definition) is 3. The van der Waals surface area contributed by atoms with Crippen molar-refractivity contribution < 1.29 is 4.74 Å². The summed E-state index contributed by atoms with van der Waals surface area (Å²) in [6.45, 7) is 0.839. The molecule has 1 unspecified atom stereocenters. The number of nitrogens with one attached hydrogen (secondary N) is 1. The molecule has 2 heterocycles. The van der Waals surface area contributed by atoms with Crippen molar-refractivity contribution in [2.24, 2.45) is 0 Å². The summed E-state index contributed by atoms with van der Waals surface area (Å²) in [6.07, 6.45) is 5.79. The van der Waals surface area contributed by atoms with Crippen LogP contribution in [0, 0.1) is 0 Å². The van der Waals surface area contributed by atoms with Gasteiger partial charge in [-0.3, -0.25) is 4.98 Å². The van der Waals surface area contributed by atoms with E-state index in [1.165, 1.54) is 11.3 Å². The summed E-state index contributed by atoms with van der Waals surface area (Å²) in [4.78, 5) is 4.07. The standard InChI is InChI=1S/C15H16N2O/c1-2-6-15-12(4-1)7-8-14(11-17-15)18-13-5-3-9-16-10-13/h1-6,9-10,14,17H,7-8,11H2. The van der Waals surface area contributed by atoms with Gasteiger partial charge < -0.3 is 10.1 Å². The van der Waals surface area contributed by atoms with Crippen molar-refractivity contribution in [3.05, 3.63) is 54.4 Å². The van der Waals surface area contributed by atoms with E-state index in [4.69, 9.17) is 4.74 Å². The van der Waals surface area contributed by atoms with E-state index in [9.17, 15) is 0 Å². The van der Waals surface area contributed by atoms with Gasteiger partial charge in [0.2, 0.25) is 0 Å². The molecule has 92 valence electrons. The minimum Gasteiger partial charge on any atom is -0.487 e. The van der Waals surface area contributed by atoms with Crippen LogP contribution in [0.15, 0.2) is 48.8 Å². The summed E-state index contributed by atoms with van der Waals surface area (Å²) >= 11 is 0. The molecule has 1 aliphatic rings. The highest BCUT2D eigenvalue weighted by Gasteiger charge is 2.16. The van der Waals surface area contributed by atoms with E-state index in [1.807, 2.05) is 12.1 Å². The predicted molar refractivity (Wildman–Crippen MR) is 71.9 cm³/mol. The molecule has 0 bridgehead atoms. The number of aryl methyl sites for hydroxylation is 1. The summed E-state index contributed by atoms with van der Waals surface area (Å²) in [5.41, 5.74) is 2.60. The molecule has 0 saturated carbocycles. The largest absolute Gasteiger partial charge is 0.487 e. The monoisotopic (exact) mass is 240 g/mol. The second-order valence-corrected chi connectivity index (χ2v) is 4.51. The van der Waals surface area contributed by atoms with Gasteiger partial charge in [0.1, 0.15) is 11.9 Å². The van der Waals surface area contributed by atoms with E-state index in [0.717, 1.165) is 25.1 Å². The Morgan fingerprint density at radius 3 is 3.00 bits per heavy atom. The minimum absolute atomic E-state index is 0.196. The molecule has 18 heavy (non-hydrogen) atoms. The first-order valence-electron chi connectivity index (χ1n) is 6.30. The summed E-state index contributed by atoms with van der Waals surface area (Å²) in [6, 6.07) is 12.3. The number of para-hydroxylation sites is 1. The van der Waals surface area contributed by atoms with Crippen LogP contribution in [0.4, 0.5) is 5.69 Å². The molecule has 1 N–H and O–H groups in total. The fourth-order valence-corrected chi connectivity index (χ4v) is 2.26. The lowest BCUT2D eigenvalue weighted by Gasteiger charge is -2.16. The highest BCUT2D eigenvalue weighted by Crippen LogP contribution is 2.22. The lowest BCUT2D eigenvalue weighted by Crippen LogP contribution is -2.24. The van der Waals surface area contributed by atoms with E-state index < -0.39 is 0 Å². The molecule has 1 atom stereocenters. The number of hydrogen-bond donors (Lipinski definition) is 1. The van der Waals surface area contributed by atoms with Gasteiger partial charge in [0, 0.05) is 11.9 Å². The molecule has 0 fully saturated rings. The van der Waals surface area contributed by atoms with Gasteiger partial charge >= 0.3 is 0 Å². The third-order valence-corrected chi connectivity index (χ3v) is 3.21. The maximum atomic E-state index is 5.94. The topological polar surface area (TPSA) is 34.1 Å². The van der Waals surface area contributed by atoms with E-state index in [0.29, 0.717) is 0 Å². The maximum absolute atomic E-state index is 5.94. The number of pyridine rings is 1. The summed E-state index contributed by atoms with van der Waals surface area (Å²) in [7, 11) is 0. The molecular formula is C15H16N2O. The SMILES string of the molecule is c1cncc(OC2CCc3ccccc3NC2)c1. The van der Waals surface area contributed by atoms with Crippen molar-refractivity contribution >= 4 is 5.69 Å². The molecule has 0 aliphatic carbocycles. The minimum atomic E-state index is 0.196. The number of anilines is 1. The molecule has 0 saturated heterocycles. The molecule has 3 rings (SSSR count). The maximum Gasteiger partial charge on any atom is 0.138 e. The molecule has 0 spiro atoms. The van der Waals surface area contributed by atoms with E-state index >= 15 is 0 Å². The number of ether oxygens (including phenoxy) is 1. The van der Waals surface area contributed by atoms with Crippen LogP contribution >= 0.6 is 0 Å². The smallest absolute Gasteiger partial charge is 0.138 e. The van der Waals surface area contributed by atoms with Crippen LogP contribution < -0.4 is 10.1 Å². The molecule has 1 aromatic heterocycles. The summed E-state index contributed by atoms with van der Waals surface area (Å²) < 4.78 is 5.94. The lowest BCUT2D eigenvalue weighted by molar-refractivity contribution is 0.205. The molecule has 3 nitrogen and oxygen atoms in total. The van der Waals surface area contributed by atoms with Crippen LogP contribution in [0.2, 0.25) is 0 Å². The van der Waals surface area contributed by atoms with Gasteiger partial charge in [-0.15, -0.1) is 0 Å². The Hall–Kier alpha value is -2.03. The van der Waals surface area contributed by atoms with Gasteiger partial charge in [0.05, 0.1) is 12.7 Å². The van der Waals surface area contributed by atoms with Crippen molar-refractivity contribution in [1.82, 2.24) is 4.98 Å². The Morgan fingerprint density at radius 1 is 1.17 bits per heavy atom. The first kappa shape index (κ1) is 11.1. The van der Waals surface area contributed by atoms with Crippen LogP contribution in [0.5, 0.6) is 5.75 Å². The zero-order chi connectivity index (χ0) is 12.2. The van der Waals surface area contributed by atoms with Crippen molar-refractivity contribution in [1.29, 1.82) is 0 Å². The number of rotatable bonds is 2. The zero-order valence-electron chi connectivity index (χ0n) is 10.2. The number of aromatic nitrogens is 1. The van der Waals surface area contributed by atoms with Gasteiger partial charge in [-0.25, -0.2) is 0 Å². The van der Waals surface area contributed by atoms with Gasteiger partial charge in [0.15, 0.2) is 0 Å². The van der Waals surface area contributed by atoms with E-state index in [-0.39, 0.29) is 6.10 Å². The second-order valence-electron chi connectivity index (χ2n) is 4.51. The Balaban J connectivity index is 1.68. The third kappa shape index (κ3) is 2.45. The fraction of sp³-hybridized carbons (Fsp3) is 0.267. The molecule has 0 amide bonds. The zero-order valence-corrected chi connectivity index (χ0v) is 10.2. The molecule has 0 radical (unpaired) electrons. The quantitative estimate of drug-likeness (QED) is 0.876. The number of nitrogens with zero attached hydrogens (tertiary/aromatic N) is 1. The van der Waals surface area contributed by atoms with Crippen molar-refractivity contribution in [3.63, 3.8) is 0 Å². The van der Waals surface area contributed by atoms with Crippen LogP contribution in [-0.2, 0) is 6.42 Å². The number of fused-ring (bicyclic) bond motifs is 1. The van der Waals surface area contributed by atoms with Crippen LogP contribution in [0.25, 0.3) is 0 Å². The fourth-order valence-electron chi connectivity index (χ4n) is 2.26.